The second-order valence-corrected chi connectivity index (χ2v) is 5.97. The van der Waals surface area contributed by atoms with Crippen molar-refractivity contribution in [3.8, 4) is 0 Å². The molecule has 0 spiro atoms. The number of aromatic nitrogens is 2. The standard InChI is InChI=1S/C13H17N3O3S/c1-2-16-8-13(14-10-16)20(18,19)15-12(9-17)11-6-4-3-5-7-11/h3-8,10,12,15,17H,2,9H2,1H3/t12-/m1/s1. The molecule has 0 amide bonds. The molecule has 0 aliphatic rings. The molecule has 0 bridgehead atoms. The van der Waals surface area contributed by atoms with Gasteiger partial charge in [0.1, 0.15) is 0 Å². The Bertz CT molecular complexity index is 653. The van der Waals surface area contributed by atoms with E-state index in [2.05, 4.69) is 9.71 Å². The summed E-state index contributed by atoms with van der Waals surface area (Å²) in [5.74, 6) is 0. The highest BCUT2D eigenvalue weighted by Crippen LogP contribution is 2.15. The van der Waals surface area contributed by atoms with Crippen LogP contribution in [0.3, 0.4) is 0 Å². The number of nitrogens with one attached hydrogen (secondary N) is 1. The van der Waals surface area contributed by atoms with Gasteiger partial charge >= 0.3 is 0 Å². The Hall–Kier alpha value is -1.70. The summed E-state index contributed by atoms with van der Waals surface area (Å²) in [6.07, 6.45) is 2.92. The van der Waals surface area contributed by atoms with Gasteiger partial charge in [0.25, 0.3) is 10.0 Å². The highest BCUT2D eigenvalue weighted by Gasteiger charge is 2.22. The first kappa shape index (κ1) is 14.7. The SMILES string of the molecule is CCn1cnc(S(=O)(=O)N[C@H](CO)c2ccccc2)c1. The van der Waals surface area contributed by atoms with Gasteiger partial charge in [0.2, 0.25) is 0 Å². The van der Waals surface area contributed by atoms with E-state index in [0.29, 0.717) is 12.1 Å². The van der Waals surface area contributed by atoms with Crippen LogP contribution in [0.2, 0.25) is 0 Å². The van der Waals surface area contributed by atoms with Crippen LogP contribution in [0.4, 0.5) is 0 Å². The number of benzene rings is 1. The molecule has 1 aromatic heterocycles. The molecule has 0 fully saturated rings. The van der Waals surface area contributed by atoms with Crippen molar-refractivity contribution >= 4 is 10.0 Å². The van der Waals surface area contributed by atoms with E-state index in [1.54, 1.807) is 28.8 Å². The highest BCUT2D eigenvalue weighted by atomic mass is 32.2. The highest BCUT2D eigenvalue weighted by molar-refractivity contribution is 7.89. The van der Waals surface area contributed by atoms with Crippen LogP contribution in [-0.4, -0.2) is 29.7 Å². The van der Waals surface area contributed by atoms with E-state index in [1.165, 1.54) is 12.5 Å². The molecular formula is C13H17N3O3S. The Morgan fingerprint density at radius 3 is 2.60 bits per heavy atom. The molecule has 2 rings (SSSR count). The van der Waals surface area contributed by atoms with Gasteiger partial charge in [-0.3, -0.25) is 0 Å². The number of aliphatic hydroxyl groups is 1. The first-order chi connectivity index (χ1) is 9.56. The van der Waals surface area contributed by atoms with Gasteiger partial charge in [-0.2, -0.15) is 4.72 Å². The van der Waals surface area contributed by atoms with Crippen molar-refractivity contribution in [2.45, 2.75) is 24.5 Å². The van der Waals surface area contributed by atoms with Crippen molar-refractivity contribution in [3.63, 3.8) is 0 Å². The van der Waals surface area contributed by atoms with Crippen LogP contribution >= 0.6 is 0 Å². The summed E-state index contributed by atoms with van der Waals surface area (Å²) in [4.78, 5) is 3.87. The topological polar surface area (TPSA) is 84.2 Å². The monoisotopic (exact) mass is 295 g/mol. The maximum atomic E-state index is 12.2. The predicted octanol–water partition coefficient (Wildman–Crippen LogP) is 0.915. The molecule has 2 aromatic rings. The van der Waals surface area contributed by atoms with Crippen LogP contribution < -0.4 is 4.72 Å². The van der Waals surface area contributed by atoms with Crippen molar-refractivity contribution < 1.29 is 13.5 Å². The van der Waals surface area contributed by atoms with E-state index in [9.17, 15) is 13.5 Å². The van der Waals surface area contributed by atoms with Crippen molar-refractivity contribution in [2.24, 2.45) is 0 Å². The van der Waals surface area contributed by atoms with Crippen molar-refractivity contribution in [1.82, 2.24) is 14.3 Å². The number of aliphatic hydroxyl groups excluding tert-OH is 1. The molecule has 1 aromatic carbocycles. The number of aryl methyl sites for hydroxylation is 1. The fourth-order valence-corrected chi connectivity index (χ4v) is 2.96. The summed E-state index contributed by atoms with van der Waals surface area (Å²) in [6.45, 7) is 2.22. The van der Waals surface area contributed by atoms with Crippen LogP contribution in [0.25, 0.3) is 0 Å². The molecule has 0 radical (unpaired) electrons. The Morgan fingerprint density at radius 1 is 1.35 bits per heavy atom. The van der Waals surface area contributed by atoms with Crippen molar-refractivity contribution in [3.05, 3.63) is 48.4 Å². The van der Waals surface area contributed by atoms with Crippen LogP contribution in [0, 0.1) is 0 Å². The molecule has 7 heteroatoms. The minimum atomic E-state index is -3.75. The third kappa shape index (κ3) is 3.24. The number of imidazole rings is 1. The fourth-order valence-electron chi connectivity index (χ4n) is 1.80. The molecule has 0 aliphatic carbocycles. The van der Waals surface area contributed by atoms with Gasteiger partial charge in [-0.25, -0.2) is 13.4 Å². The van der Waals surface area contributed by atoms with Crippen LogP contribution in [0.1, 0.15) is 18.5 Å². The van der Waals surface area contributed by atoms with Crippen molar-refractivity contribution in [1.29, 1.82) is 0 Å². The lowest BCUT2D eigenvalue weighted by atomic mass is 10.1. The second kappa shape index (κ2) is 6.17. The van der Waals surface area contributed by atoms with E-state index in [0.717, 1.165) is 0 Å². The van der Waals surface area contributed by atoms with E-state index in [4.69, 9.17) is 0 Å². The number of rotatable bonds is 6. The molecular weight excluding hydrogens is 278 g/mol. The molecule has 108 valence electrons. The van der Waals surface area contributed by atoms with E-state index < -0.39 is 16.1 Å². The molecule has 6 nitrogen and oxygen atoms in total. The average molecular weight is 295 g/mol. The van der Waals surface area contributed by atoms with Crippen molar-refractivity contribution in [2.75, 3.05) is 6.61 Å². The zero-order valence-electron chi connectivity index (χ0n) is 11.1. The molecule has 0 aliphatic heterocycles. The minimum absolute atomic E-state index is 0.0475. The van der Waals surface area contributed by atoms with Gasteiger partial charge < -0.3 is 9.67 Å². The molecule has 0 saturated heterocycles. The van der Waals surface area contributed by atoms with Crippen LogP contribution in [-0.2, 0) is 16.6 Å². The minimum Gasteiger partial charge on any atom is -0.394 e. The predicted molar refractivity (Wildman–Crippen MR) is 74.5 cm³/mol. The third-order valence-electron chi connectivity index (χ3n) is 2.93. The molecule has 1 heterocycles. The van der Waals surface area contributed by atoms with Gasteiger partial charge in [0.05, 0.1) is 19.0 Å². The average Bonchev–Trinajstić information content (AvgIpc) is 2.95. The van der Waals surface area contributed by atoms with Gasteiger partial charge in [0, 0.05) is 12.7 Å². The Balaban J connectivity index is 2.22. The Kier molecular flexibility index (Phi) is 4.53. The zero-order valence-corrected chi connectivity index (χ0v) is 11.9. The number of sulfonamides is 1. The maximum Gasteiger partial charge on any atom is 0.260 e. The largest absolute Gasteiger partial charge is 0.394 e. The summed E-state index contributed by atoms with van der Waals surface area (Å²) in [5.41, 5.74) is 0.702. The van der Waals surface area contributed by atoms with Crippen LogP contribution in [0.5, 0.6) is 0 Å². The summed E-state index contributed by atoms with van der Waals surface area (Å²) < 4.78 is 28.5. The second-order valence-electron chi connectivity index (χ2n) is 4.31. The Morgan fingerprint density at radius 2 is 2.05 bits per heavy atom. The van der Waals surface area contributed by atoms with Gasteiger partial charge in [-0.15, -0.1) is 0 Å². The summed E-state index contributed by atoms with van der Waals surface area (Å²) in [7, 11) is -3.75. The molecule has 1 atom stereocenters. The zero-order chi connectivity index (χ0) is 14.6. The lowest BCUT2D eigenvalue weighted by molar-refractivity contribution is 0.259. The first-order valence-electron chi connectivity index (χ1n) is 6.26. The normalized spacial score (nSPS) is 13.3. The van der Waals surface area contributed by atoms with E-state index in [1.807, 2.05) is 13.0 Å². The number of hydrogen-bond donors (Lipinski definition) is 2. The van der Waals surface area contributed by atoms with Crippen LogP contribution in [0.15, 0.2) is 47.9 Å². The van der Waals surface area contributed by atoms with Gasteiger partial charge in [-0.1, -0.05) is 30.3 Å². The summed E-state index contributed by atoms with van der Waals surface area (Å²) >= 11 is 0. The number of hydrogen-bond acceptors (Lipinski definition) is 4. The molecule has 0 saturated carbocycles. The third-order valence-corrected chi connectivity index (χ3v) is 4.29. The Labute approximate surface area is 118 Å². The summed E-state index contributed by atoms with van der Waals surface area (Å²) in [6, 6.07) is 8.24. The fraction of sp³-hybridized carbons (Fsp3) is 0.308. The quantitative estimate of drug-likeness (QED) is 0.830. The van der Waals surface area contributed by atoms with E-state index in [-0.39, 0.29) is 11.6 Å². The lowest BCUT2D eigenvalue weighted by Gasteiger charge is -2.15. The molecule has 0 unspecified atom stereocenters. The first-order valence-corrected chi connectivity index (χ1v) is 7.75. The van der Waals surface area contributed by atoms with Gasteiger partial charge in [0.15, 0.2) is 5.03 Å². The molecule has 20 heavy (non-hydrogen) atoms. The van der Waals surface area contributed by atoms with Gasteiger partial charge in [-0.05, 0) is 12.5 Å². The summed E-state index contributed by atoms with van der Waals surface area (Å²) in [5, 5.41) is 9.34. The van der Waals surface area contributed by atoms with E-state index >= 15 is 0 Å². The number of nitrogens with zero attached hydrogens (tertiary/aromatic N) is 2. The molecule has 2 N–H and O–H groups in total. The smallest absolute Gasteiger partial charge is 0.260 e. The maximum absolute atomic E-state index is 12.2. The lowest BCUT2D eigenvalue weighted by Crippen LogP contribution is -2.31.